The van der Waals surface area contributed by atoms with Crippen molar-refractivity contribution < 1.29 is 9.84 Å². The number of benzene rings is 3. The normalized spacial score (nSPS) is 13.4. The maximum atomic E-state index is 13.0. The van der Waals surface area contributed by atoms with Crippen molar-refractivity contribution in [1.29, 1.82) is 0 Å². The largest absolute Gasteiger partial charge is 2.00 e. The van der Waals surface area contributed by atoms with Gasteiger partial charge in [0.25, 0.3) is 0 Å². The molecule has 1 fully saturated rings. The van der Waals surface area contributed by atoms with E-state index in [0.717, 1.165) is 46.8 Å². The standard InChI is InChI=1S/C26H30N2O.C6H18NSi2.C4H8O.Mg/c1-18-15-19(25(29)22(16-18)26(2,3)4)17-27-23-13-9-7-11-20(23)21-12-8-10-14-24(21)28(5)6;1-8(2,3)7-9(4,5)6;1-2-4-5-3-1;/h7-17,29H,1-6H3;1-6H3;1-4H2;/q;-1;;+2/p-1. The minimum Gasteiger partial charge on any atom is -0.872 e. The number of hydrogen-bond acceptors (Lipinski definition) is 4. The van der Waals surface area contributed by atoms with Crippen LogP contribution in [0.25, 0.3) is 15.8 Å². The summed E-state index contributed by atoms with van der Waals surface area (Å²) in [5.41, 5.74) is 6.47. The number of rotatable bonds is 6. The van der Waals surface area contributed by atoms with Crippen molar-refractivity contribution in [1.82, 2.24) is 0 Å². The van der Waals surface area contributed by atoms with Crippen LogP contribution >= 0.6 is 0 Å². The first-order valence-electron chi connectivity index (χ1n) is 15.4. The molecule has 4 rings (SSSR count). The molecule has 44 heavy (non-hydrogen) atoms. The smallest absolute Gasteiger partial charge is 0.872 e. The molecule has 1 saturated heterocycles. The molecule has 0 bridgehead atoms. The number of aliphatic imine (C=N–C) groups is 1. The zero-order valence-corrected chi connectivity index (χ0v) is 33.0. The fraction of sp³-hybridized carbons (Fsp3) is 0.472. The number of para-hydroxylation sites is 2. The SMILES string of the molecule is C1CCOC1.C[Si](C)(C)[N-][Si](C)(C)C.Cc1cc(C=Nc2ccccc2-c2ccccc2N(C)C)c([O-])c(C(C)(C)C)c1.[Mg+2]. The van der Waals surface area contributed by atoms with Crippen LogP contribution in [-0.4, -0.2) is 73.0 Å². The molecule has 1 heterocycles. The van der Waals surface area contributed by atoms with Crippen LogP contribution in [0.3, 0.4) is 0 Å². The van der Waals surface area contributed by atoms with E-state index in [-0.39, 0.29) is 34.2 Å². The minimum absolute atomic E-state index is 0. The van der Waals surface area contributed by atoms with Crippen molar-refractivity contribution in [3.8, 4) is 16.9 Å². The molecule has 0 atom stereocenters. The Kier molecular flexibility index (Phi) is 16.1. The fourth-order valence-electron chi connectivity index (χ4n) is 5.02. The molecule has 0 aromatic heterocycles. The molecule has 0 radical (unpaired) electrons. The van der Waals surface area contributed by atoms with Crippen molar-refractivity contribution in [3.63, 3.8) is 0 Å². The summed E-state index contributed by atoms with van der Waals surface area (Å²) >= 11 is 0. The molecule has 0 aliphatic carbocycles. The van der Waals surface area contributed by atoms with Crippen LogP contribution in [0.15, 0.2) is 65.7 Å². The van der Waals surface area contributed by atoms with Crippen LogP contribution < -0.4 is 10.0 Å². The Morgan fingerprint density at radius 3 is 1.82 bits per heavy atom. The van der Waals surface area contributed by atoms with Gasteiger partial charge < -0.3 is 19.4 Å². The average Bonchev–Trinajstić information content (AvgIpc) is 3.47. The van der Waals surface area contributed by atoms with E-state index in [1.807, 2.05) is 63.5 Å². The van der Waals surface area contributed by atoms with Gasteiger partial charge in [0.05, 0.1) is 5.69 Å². The first kappa shape index (κ1) is 40.1. The summed E-state index contributed by atoms with van der Waals surface area (Å²) in [5, 5.41) is 13.0. The average molecular weight is 642 g/mol. The predicted molar refractivity (Wildman–Crippen MR) is 199 cm³/mol. The van der Waals surface area contributed by atoms with Gasteiger partial charge in [0.1, 0.15) is 0 Å². The third kappa shape index (κ3) is 14.0. The summed E-state index contributed by atoms with van der Waals surface area (Å²) in [7, 11) is 1.86. The van der Waals surface area contributed by atoms with E-state index in [9.17, 15) is 5.11 Å². The molecule has 0 unspecified atom stereocenters. The monoisotopic (exact) mass is 641 g/mol. The van der Waals surface area contributed by atoms with Gasteiger partial charge in [-0.25, -0.2) is 0 Å². The summed E-state index contributed by atoms with van der Waals surface area (Å²) in [6.45, 7) is 24.0. The summed E-state index contributed by atoms with van der Waals surface area (Å²) in [5.74, 6) is 0.0537. The second-order valence-corrected chi connectivity index (χ2v) is 24.0. The summed E-state index contributed by atoms with van der Waals surface area (Å²) in [6, 6.07) is 20.2. The van der Waals surface area contributed by atoms with Crippen LogP contribution in [0.1, 0.15) is 50.3 Å². The van der Waals surface area contributed by atoms with Gasteiger partial charge in [-0.1, -0.05) is 136 Å². The number of aryl methyl sites for hydroxylation is 1. The van der Waals surface area contributed by atoms with Crippen molar-refractivity contribution in [2.45, 2.75) is 85.2 Å². The molecule has 1 aliphatic heterocycles. The quantitative estimate of drug-likeness (QED) is 0.199. The molecule has 1 aliphatic rings. The number of nitrogens with zero attached hydrogens (tertiary/aromatic N) is 3. The van der Waals surface area contributed by atoms with Crippen molar-refractivity contribution in [3.05, 3.63) is 82.0 Å². The van der Waals surface area contributed by atoms with Crippen LogP contribution in [0.5, 0.6) is 5.75 Å². The topological polar surface area (TPSA) is 62.0 Å². The fourth-order valence-corrected chi connectivity index (χ4v) is 13.1. The third-order valence-corrected chi connectivity index (χ3v) is 11.9. The van der Waals surface area contributed by atoms with E-state index < -0.39 is 16.5 Å². The van der Waals surface area contributed by atoms with Crippen LogP contribution in [-0.2, 0) is 10.2 Å². The van der Waals surface area contributed by atoms with E-state index in [2.05, 4.69) is 83.2 Å². The number of ether oxygens (including phenoxy) is 1. The Hall–Kier alpha value is -1.95. The van der Waals surface area contributed by atoms with Gasteiger partial charge in [0.2, 0.25) is 0 Å². The van der Waals surface area contributed by atoms with Crippen molar-refractivity contribution in [2.24, 2.45) is 4.99 Å². The molecule has 3 aromatic rings. The van der Waals surface area contributed by atoms with Gasteiger partial charge in [-0.3, -0.25) is 4.99 Å². The minimum atomic E-state index is -1.11. The molecular formula is C36H55MgN3O2Si2. The molecule has 0 spiro atoms. The number of anilines is 1. The summed E-state index contributed by atoms with van der Waals surface area (Å²) in [6.07, 6.45) is 4.27. The Balaban J connectivity index is 0.000000533. The van der Waals surface area contributed by atoms with E-state index >= 15 is 0 Å². The van der Waals surface area contributed by atoms with Crippen molar-refractivity contribution >= 4 is 57.1 Å². The molecule has 236 valence electrons. The van der Waals surface area contributed by atoms with Crippen molar-refractivity contribution in [2.75, 3.05) is 32.2 Å². The van der Waals surface area contributed by atoms with Crippen LogP contribution in [0, 0.1) is 6.92 Å². The van der Waals surface area contributed by atoms with Gasteiger partial charge in [-0.15, -0.1) is 0 Å². The van der Waals surface area contributed by atoms with Gasteiger partial charge in [-0.2, -0.15) is 0 Å². The predicted octanol–water partition coefficient (Wildman–Crippen LogP) is 9.30. The second kappa shape index (κ2) is 17.7. The molecule has 0 N–H and O–H groups in total. The Morgan fingerprint density at radius 1 is 0.841 bits per heavy atom. The molecule has 8 heteroatoms. The molecule has 5 nitrogen and oxygen atoms in total. The van der Waals surface area contributed by atoms with Gasteiger partial charge in [-0.05, 0) is 48.4 Å². The van der Waals surface area contributed by atoms with Crippen LogP contribution in [0.4, 0.5) is 11.4 Å². The van der Waals surface area contributed by atoms with E-state index in [0.29, 0.717) is 5.56 Å². The maximum Gasteiger partial charge on any atom is 2.00 e. The zero-order chi connectivity index (χ0) is 32.4. The second-order valence-electron chi connectivity index (χ2n) is 14.4. The molecule has 3 aromatic carbocycles. The van der Waals surface area contributed by atoms with E-state index in [1.54, 1.807) is 6.21 Å². The van der Waals surface area contributed by atoms with Crippen LogP contribution in [0.2, 0.25) is 39.3 Å². The third-order valence-electron chi connectivity index (χ3n) is 6.49. The van der Waals surface area contributed by atoms with Gasteiger partial charge in [0.15, 0.2) is 0 Å². The molecule has 0 saturated carbocycles. The Labute approximate surface area is 286 Å². The first-order chi connectivity index (χ1) is 19.9. The maximum absolute atomic E-state index is 13.0. The van der Waals surface area contributed by atoms with E-state index in [1.165, 1.54) is 12.8 Å². The molecule has 0 amide bonds. The Bertz CT molecular complexity index is 1320. The Morgan fingerprint density at radius 2 is 1.36 bits per heavy atom. The zero-order valence-electron chi connectivity index (χ0n) is 29.5. The first-order valence-corrected chi connectivity index (χ1v) is 22.3. The van der Waals surface area contributed by atoms with E-state index in [4.69, 9.17) is 14.4 Å². The van der Waals surface area contributed by atoms with Gasteiger partial charge >= 0.3 is 23.1 Å². The van der Waals surface area contributed by atoms with Gasteiger partial charge in [0, 0.05) is 50.3 Å². The molecular weight excluding hydrogens is 587 g/mol. The summed E-state index contributed by atoms with van der Waals surface area (Å²) in [4.78, 5) is 6.83. The number of hydrogen-bond donors (Lipinski definition) is 0. The summed E-state index contributed by atoms with van der Waals surface area (Å²) < 4.78 is 9.76.